The number of anilines is 2. The van der Waals surface area contributed by atoms with Crippen LogP contribution in [0, 0.1) is 0 Å². The Morgan fingerprint density at radius 3 is 2.04 bits per heavy atom. The summed E-state index contributed by atoms with van der Waals surface area (Å²) in [5.41, 5.74) is 1.76. The number of benzene rings is 2. The summed E-state index contributed by atoms with van der Waals surface area (Å²) in [5, 5.41) is 2.68. The first kappa shape index (κ1) is 14.9. The van der Waals surface area contributed by atoms with Gasteiger partial charge in [0.1, 0.15) is 0 Å². The van der Waals surface area contributed by atoms with Crippen LogP contribution in [0.1, 0.15) is 31.3 Å². The van der Waals surface area contributed by atoms with Gasteiger partial charge in [0.05, 0.1) is 23.1 Å². The molecule has 6 nitrogen and oxygen atoms in total. The number of imide groups is 1. The number of amides is 3. The molecule has 25 heavy (non-hydrogen) atoms. The van der Waals surface area contributed by atoms with Crippen LogP contribution in [0.25, 0.3) is 0 Å². The monoisotopic (exact) mass is 332 g/mol. The number of nitrogens with one attached hydrogen (secondary N) is 1. The minimum atomic E-state index is -0.376. The summed E-state index contributed by atoms with van der Waals surface area (Å²) in [6.45, 7) is 0. The molecular formula is C19H12N2O4. The Kier molecular flexibility index (Phi) is 3.43. The maximum Gasteiger partial charge on any atom is 0.291 e. The van der Waals surface area contributed by atoms with E-state index >= 15 is 0 Å². The molecule has 0 aliphatic carbocycles. The molecule has 0 unspecified atom stereocenters. The van der Waals surface area contributed by atoms with Gasteiger partial charge >= 0.3 is 0 Å². The lowest BCUT2D eigenvalue weighted by Crippen LogP contribution is -2.29. The van der Waals surface area contributed by atoms with Crippen LogP contribution in [0.2, 0.25) is 0 Å². The Morgan fingerprint density at radius 2 is 1.48 bits per heavy atom. The van der Waals surface area contributed by atoms with Gasteiger partial charge in [-0.3, -0.25) is 14.4 Å². The van der Waals surface area contributed by atoms with Crippen LogP contribution in [0.4, 0.5) is 11.4 Å². The summed E-state index contributed by atoms with van der Waals surface area (Å²) in [6, 6.07) is 16.4. The normalized spacial score (nSPS) is 13.0. The van der Waals surface area contributed by atoms with E-state index in [9.17, 15) is 14.4 Å². The Bertz CT molecular complexity index is 940. The highest BCUT2D eigenvalue weighted by Gasteiger charge is 2.36. The van der Waals surface area contributed by atoms with Crippen molar-refractivity contribution in [3.63, 3.8) is 0 Å². The van der Waals surface area contributed by atoms with E-state index in [1.165, 1.54) is 6.26 Å². The van der Waals surface area contributed by atoms with Crippen LogP contribution in [-0.4, -0.2) is 17.7 Å². The van der Waals surface area contributed by atoms with Crippen molar-refractivity contribution < 1.29 is 18.8 Å². The van der Waals surface area contributed by atoms with Gasteiger partial charge in [-0.1, -0.05) is 12.1 Å². The second-order valence-electron chi connectivity index (χ2n) is 5.47. The van der Waals surface area contributed by atoms with Crippen LogP contribution in [0.3, 0.4) is 0 Å². The number of fused-ring (bicyclic) bond motifs is 1. The van der Waals surface area contributed by atoms with Crippen molar-refractivity contribution in [2.24, 2.45) is 0 Å². The lowest BCUT2D eigenvalue weighted by molar-refractivity contribution is 0.0924. The molecule has 3 amide bonds. The van der Waals surface area contributed by atoms with Gasteiger partial charge in [-0.25, -0.2) is 4.90 Å². The molecule has 0 fully saturated rings. The van der Waals surface area contributed by atoms with Crippen molar-refractivity contribution in [1.29, 1.82) is 0 Å². The molecule has 6 heteroatoms. The zero-order valence-corrected chi connectivity index (χ0v) is 12.9. The first-order chi connectivity index (χ1) is 12.1. The molecule has 122 valence electrons. The summed E-state index contributed by atoms with van der Waals surface area (Å²) in [5.74, 6) is -0.885. The highest BCUT2D eigenvalue weighted by Crippen LogP contribution is 2.29. The Labute approximate surface area is 142 Å². The molecule has 0 saturated carbocycles. The van der Waals surface area contributed by atoms with Gasteiger partial charge in [0.25, 0.3) is 17.7 Å². The van der Waals surface area contributed by atoms with Crippen LogP contribution in [0.5, 0.6) is 0 Å². The van der Waals surface area contributed by atoms with Crippen molar-refractivity contribution in [2.75, 3.05) is 10.2 Å². The lowest BCUT2D eigenvalue weighted by Gasteiger charge is -2.14. The second kappa shape index (κ2) is 5.76. The fourth-order valence-electron chi connectivity index (χ4n) is 2.72. The maximum atomic E-state index is 12.4. The topological polar surface area (TPSA) is 79.6 Å². The zero-order valence-electron chi connectivity index (χ0n) is 12.9. The molecule has 1 aliphatic heterocycles. The number of hydrogen-bond acceptors (Lipinski definition) is 4. The summed E-state index contributed by atoms with van der Waals surface area (Å²) < 4.78 is 5.03. The Morgan fingerprint density at radius 1 is 0.840 bits per heavy atom. The van der Waals surface area contributed by atoms with E-state index in [1.807, 2.05) is 0 Å². The number of rotatable bonds is 3. The van der Waals surface area contributed by atoms with Gasteiger partial charge < -0.3 is 9.73 Å². The molecular weight excluding hydrogens is 320 g/mol. The van der Waals surface area contributed by atoms with Gasteiger partial charge in [0.2, 0.25) is 0 Å². The standard InChI is InChI=1S/C19H12N2O4/c22-17(16-6-3-11-25-16)20-12-7-9-13(10-8-12)21-18(23)14-4-1-2-5-15(14)19(21)24/h1-11H,(H,20,22). The molecule has 0 atom stereocenters. The lowest BCUT2D eigenvalue weighted by atomic mass is 10.1. The third kappa shape index (κ3) is 2.49. The Balaban J connectivity index is 1.56. The number of carbonyl (C=O) groups is 3. The molecule has 1 N–H and O–H groups in total. The van der Waals surface area contributed by atoms with Crippen LogP contribution in [0.15, 0.2) is 71.3 Å². The summed E-state index contributed by atoms with van der Waals surface area (Å²) in [7, 11) is 0. The fraction of sp³-hybridized carbons (Fsp3) is 0. The molecule has 1 aliphatic rings. The van der Waals surface area contributed by atoms with Crippen molar-refractivity contribution in [1.82, 2.24) is 0 Å². The van der Waals surface area contributed by atoms with E-state index < -0.39 is 0 Å². The molecule has 1 aromatic heterocycles. The quantitative estimate of drug-likeness (QED) is 0.746. The van der Waals surface area contributed by atoms with E-state index in [0.29, 0.717) is 22.5 Å². The van der Waals surface area contributed by atoms with E-state index in [1.54, 1.807) is 60.7 Å². The highest BCUT2D eigenvalue weighted by atomic mass is 16.3. The highest BCUT2D eigenvalue weighted by molar-refractivity contribution is 6.34. The van der Waals surface area contributed by atoms with Crippen molar-refractivity contribution in [2.45, 2.75) is 0 Å². The smallest absolute Gasteiger partial charge is 0.291 e. The Hall–Kier alpha value is -3.67. The van der Waals surface area contributed by atoms with Crippen LogP contribution < -0.4 is 10.2 Å². The predicted octanol–water partition coefficient (Wildman–Crippen LogP) is 3.33. The van der Waals surface area contributed by atoms with E-state index in [-0.39, 0.29) is 23.5 Å². The SMILES string of the molecule is O=C(Nc1ccc(N2C(=O)c3ccccc3C2=O)cc1)c1ccco1. The number of furan rings is 1. The zero-order chi connectivity index (χ0) is 17.4. The van der Waals surface area contributed by atoms with Crippen molar-refractivity contribution in [3.05, 3.63) is 83.8 Å². The predicted molar refractivity (Wildman–Crippen MR) is 90.7 cm³/mol. The minimum absolute atomic E-state index is 0.199. The molecule has 4 rings (SSSR count). The minimum Gasteiger partial charge on any atom is -0.459 e. The number of nitrogens with zero attached hydrogens (tertiary/aromatic N) is 1. The summed E-state index contributed by atoms with van der Waals surface area (Å²) in [4.78, 5) is 38.0. The largest absolute Gasteiger partial charge is 0.459 e. The first-order valence-corrected chi connectivity index (χ1v) is 7.58. The second-order valence-corrected chi connectivity index (χ2v) is 5.47. The fourth-order valence-corrected chi connectivity index (χ4v) is 2.72. The molecule has 2 heterocycles. The van der Waals surface area contributed by atoms with Crippen molar-refractivity contribution >= 4 is 29.1 Å². The number of carbonyl (C=O) groups excluding carboxylic acids is 3. The average Bonchev–Trinajstić information content (AvgIpc) is 3.25. The van der Waals surface area contributed by atoms with E-state index in [0.717, 1.165) is 4.90 Å². The molecule has 0 saturated heterocycles. The van der Waals surface area contributed by atoms with Gasteiger partial charge in [-0.05, 0) is 48.5 Å². The van der Waals surface area contributed by atoms with Crippen LogP contribution >= 0.6 is 0 Å². The van der Waals surface area contributed by atoms with E-state index in [4.69, 9.17) is 4.42 Å². The summed E-state index contributed by atoms with van der Waals surface area (Å²) >= 11 is 0. The molecule has 2 aromatic carbocycles. The maximum absolute atomic E-state index is 12.4. The molecule has 3 aromatic rings. The molecule has 0 spiro atoms. The first-order valence-electron chi connectivity index (χ1n) is 7.58. The van der Waals surface area contributed by atoms with Crippen LogP contribution in [-0.2, 0) is 0 Å². The third-order valence-electron chi connectivity index (χ3n) is 3.92. The molecule has 0 radical (unpaired) electrons. The van der Waals surface area contributed by atoms with E-state index in [2.05, 4.69) is 5.32 Å². The van der Waals surface area contributed by atoms with Gasteiger partial charge in [0.15, 0.2) is 5.76 Å². The van der Waals surface area contributed by atoms with Gasteiger partial charge in [-0.15, -0.1) is 0 Å². The molecule has 0 bridgehead atoms. The summed E-state index contributed by atoms with van der Waals surface area (Å²) in [6.07, 6.45) is 1.42. The number of hydrogen-bond donors (Lipinski definition) is 1. The third-order valence-corrected chi connectivity index (χ3v) is 3.92. The van der Waals surface area contributed by atoms with Crippen molar-refractivity contribution in [3.8, 4) is 0 Å². The average molecular weight is 332 g/mol. The van der Waals surface area contributed by atoms with Gasteiger partial charge in [-0.2, -0.15) is 0 Å². The van der Waals surface area contributed by atoms with Gasteiger partial charge in [0, 0.05) is 5.69 Å².